The number of benzene rings is 2. The van der Waals surface area contributed by atoms with Crippen molar-refractivity contribution in [3.05, 3.63) is 59.9 Å². The van der Waals surface area contributed by atoms with Gasteiger partial charge in [0.2, 0.25) is 5.91 Å². The summed E-state index contributed by atoms with van der Waals surface area (Å²) >= 11 is 0. The smallest absolute Gasteiger partial charge is 0.235 e. The average Bonchev–Trinajstić information content (AvgIpc) is 2.64. The first-order valence-electron chi connectivity index (χ1n) is 8.53. The summed E-state index contributed by atoms with van der Waals surface area (Å²) in [6.45, 7) is 3.37. The molecule has 1 fully saturated rings. The molecule has 1 aliphatic heterocycles. The summed E-state index contributed by atoms with van der Waals surface area (Å²) in [7, 11) is 0. The van der Waals surface area contributed by atoms with Crippen LogP contribution in [-0.4, -0.2) is 25.7 Å². The second-order valence-electron chi connectivity index (χ2n) is 6.09. The predicted molar refractivity (Wildman–Crippen MR) is 94.4 cm³/mol. The Kier molecular flexibility index (Phi) is 5.34. The van der Waals surface area contributed by atoms with Crippen LogP contribution in [0.3, 0.4) is 0 Å². The number of carbonyl (C=O) groups excluding carboxylic acids is 1. The number of amides is 1. The number of hydrogen-bond acceptors (Lipinski definition) is 3. The summed E-state index contributed by atoms with van der Waals surface area (Å²) in [6.07, 6.45) is 0.910. The van der Waals surface area contributed by atoms with E-state index >= 15 is 0 Å². The molecule has 25 heavy (non-hydrogen) atoms. The zero-order valence-electron chi connectivity index (χ0n) is 14.3. The van der Waals surface area contributed by atoms with E-state index in [4.69, 9.17) is 9.47 Å². The summed E-state index contributed by atoms with van der Waals surface area (Å²) in [6, 6.07) is 13.7. The summed E-state index contributed by atoms with van der Waals surface area (Å²) in [4.78, 5) is 13.1. The van der Waals surface area contributed by atoms with Gasteiger partial charge in [-0.05, 0) is 50.1 Å². The molecule has 0 radical (unpaired) electrons. The van der Waals surface area contributed by atoms with Crippen LogP contribution >= 0.6 is 0 Å². The summed E-state index contributed by atoms with van der Waals surface area (Å²) in [5.41, 5.74) is 0.180. The fourth-order valence-electron chi connectivity index (χ4n) is 3.24. The number of halogens is 1. The van der Waals surface area contributed by atoms with Gasteiger partial charge >= 0.3 is 0 Å². The molecule has 1 N–H and O–H groups in total. The van der Waals surface area contributed by atoms with Gasteiger partial charge in [-0.25, -0.2) is 4.39 Å². The van der Waals surface area contributed by atoms with E-state index in [1.54, 1.807) is 42.5 Å². The van der Waals surface area contributed by atoms with Gasteiger partial charge in [-0.15, -0.1) is 0 Å². The lowest BCUT2D eigenvalue weighted by Crippen LogP contribution is -2.45. The zero-order valence-corrected chi connectivity index (χ0v) is 14.3. The molecule has 4 nitrogen and oxygen atoms in total. The third-order valence-electron chi connectivity index (χ3n) is 4.59. The van der Waals surface area contributed by atoms with Crippen LogP contribution in [-0.2, 0) is 14.9 Å². The van der Waals surface area contributed by atoms with Crippen LogP contribution in [0.25, 0.3) is 0 Å². The van der Waals surface area contributed by atoms with Gasteiger partial charge in [-0.1, -0.05) is 18.2 Å². The summed E-state index contributed by atoms with van der Waals surface area (Å²) in [5, 5.41) is 2.93. The first-order chi connectivity index (χ1) is 12.2. The quantitative estimate of drug-likeness (QED) is 0.895. The van der Waals surface area contributed by atoms with Crippen molar-refractivity contribution in [3.63, 3.8) is 0 Å². The van der Waals surface area contributed by atoms with Gasteiger partial charge in [0.25, 0.3) is 0 Å². The molecule has 0 spiro atoms. The van der Waals surface area contributed by atoms with E-state index in [1.807, 2.05) is 6.92 Å². The van der Waals surface area contributed by atoms with Crippen molar-refractivity contribution < 1.29 is 18.7 Å². The third kappa shape index (κ3) is 3.66. The average molecular weight is 343 g/mol. The van der Waals surface area contributed by atoms with Crippen LogP contribution in [0.4, 0.5) is 10.1 Å². The molecule has 5 heteroatoms. The van der Waals surface area contributed by atoms with Crippen LogP contribution in [0.2, 0.25) is 0 Å². The topological polar surface area (TPSA) is 47.6 Å². The Morgan fingerprint density at radius 2 is 1.84 bits per heavy atom. The molecule has 0 unspecified atom stereocenters. The molecule has 2 aromatic rings. The lowest BCUT2D eigenvalue weighted by atomic mass is 9.73. The Bertz CT molecular complexity index is 724. The molecule has 0 bridgehead atoms. The van der Waals surface area contributed by atoms with Gasteiger partial charge in [0.15, 0.2) is 0 Å². The van der Waals surface area contributed by atoms with Crippen LogP contribution in [0, 0.1) is 5.82 Å². The normalized spacial score (nSPS) is 16.2. The summed E-state index contributed by atoms with van der Waals surface area (Å²) in [5.74, 6) is 0.187. The molecular formula is C20H22FNO3. The molecule has 1 aliphatic rings. The maximum atomic E-state index is 14.4. The molecule has 132 valence electrons. The second-order valence-corrected chi connectivity index (χ2v) is 6.09. The van der Waals surface area contributed by atoms with Gasteiger partial charge in [-0.2, -0.15) is 0 Å². The monoisotopic (exact) mass is 343 g/mol. The Morgan fingerprint density at radius 1 is 1.16 bits per heavy atom. The van der Waals surface area contributed by atoms with E-state index in [0.717, 1.165) is 5.75 Å². The van der Waals surface area contributed by atoms with Crippen molar-refractivity contribution in [1.29, 1.82) is 0 Å². The Morgan fingerprint density at radius 3 is 2.48 bits per heavy atom. The maximum Gasteiger partial charge on any atom is 0.235 e. The van der Waals surface area contributed by atoms with Crippen molar-refractivity contribution in [2.75, 3.05) is 25.1 Å². The first-order valence-corrected chi connectivity index (χ1v) is 8.53. The van der Waals surface area contributed by atoms with Crippen molar-refractivity contribution >= 4 is 11.6 Å². The molecule has 0 aliphatic carbocycles. The Labute approximate surface area is 147 Å². The van der Waals surface area contributed by atoms with E-state index < -0.39 is 5.41 Å². The molecule has 2 aromatic carbocycles. The molecule has 1 saturated heterocycles. The molecule has 1 heterocycles. The van der Waals surface area contributed by atoms with Crippen LogP contribution in [0.1, 0.15) is 25.3 Å². The van der Waals surface area contributed by atoms with Crippen molar-refractivity contribution in [2.24, 2.45) is 0 Å². The number of carbonyl (C=O) groups is 1. The molecule has 3 rings (SSSR count). The Hall–Kier alpha value is -2.40. The highest BCUT2D eigenvalue weighted by molar-refractivity contribution is 5.99. The van der Waals surface area contributed by atoms with E-state index in [9.17, 15) is 9.18 Å². The fourth-order valence-corrected chi connectivity index (χ4v) is 3.24. The minimum atomic E-state index is -0.915. The molecular weight excluding hydrogens is 321 g/mol. The number of hydrogen-bond donors (Lipinski definition) is 1. The van der Waals surface area contributed by atoms with E-state index in [-0.39, 0.29) is 11.7 Å². The van der Waals surface area contributed by atoms with Gasteiger partial charge in [0, 0.05) is 24.5 Å². The zero-order chi connectivity index (χ0) is 17.7. The highest BCUT2D eigenvalue weighted by atomic mass is 19.1. The predicted octanol–water partition coefficient (Wildman–Crippen LogP) is 3.91. The highest BCUT2D eigenvalue weighted by Gasteiger charge is 2.43. The first kappa shape index (κ1) is 17.4. The van der Waals surface area contributed by atoms with Crippen molar-refractivity contribution in [1.82, 2.24) is 0 Å². The van der Waals surface area contributed by atoms with Gasteiger partial charge in [0.1, 0.15) is 11.6 Å². The lowest BCUT2D eigenvalue weighted by molar-refractivity contribution is -0.125. The van der Waals surface area contributed by atoms with Crippen LogP contribution < -0.4 is 10.1 Å². The fraction of sp³-hybridized carbons (Fsp3) is 0.350. The van der Waals surface area contributed by atoms with Crippen molar-refractivity contribution in [2.45, 2.75) is 25.2 Å². The van der Waals surface area contributed by atoms with E-state index in [1.165, 1.54) is 6.07 Å². The number of anilines is 1. The molecule has 1 amide bonds. The van der Waals surface area contributed by atoms with Gasteiger partial charge in [0.05, 0.1) is 12.0 Å². The minimum absolute atomic E-state index is 0.204. The van der Waals surface area contributed by atoms with Gasteiger partial charge in [-0.3, -0.25) is 4.79 Å². The number of ether oxygens (including phenoxy) is 2. The van der Waals surface area contributed by atoms with Crippen LogP contribution in [0.15, 0.2) is 48.5 Å². The Balaban J connectivity index is 1.86. The van der Waals surface area contributed by atoms with Crippen molar-refractivity contribution in [3.8, 4) is 5.75 Å². The maximum absolute atomic E-state index is 14.4. The standard InChI is InChI=1S/C20H22FNO3/c1-2-25-16-9-7-15(8-10-16)22-19(23)20(11-13-24-14-12-20)17-5-3-4-6-18(17)21/h3-10H,2,11-14H2,1H3,(H,22,23). The second kappa shape index (κ2) is 7.66. The highest BCUT2D eigenvalue weighted by Crippen LogP contribution is 2.37. The lowest BCUT2D eigenvalue weighted by Gasteiger charge is -2.36. The third-order valence-corrected chi connectivity index (χ3v) is 4.59. The van der Waals surface area contributed by atoms with E-state index in [0.29, 0.717) is 43.9 Å². The minimum Gasteiger partial charge on any atom is -0.494 e. The molecule has 0 aromatic heterocycles. The van der Waals surface area contributed by atoms with Gasteiger partial charge < -0.3 is 14.8 Å². The largest absolute Gasteiger partial charge is 0.494 e. The van der Waals surface area contributed by atoms with Crippen LogP contribution in [0.5, 0.6) is 5.75 Å². The van der Waals surface area contributed by atoms with E-state index in [2.05, 4.69) is 5.32 Å². The number of nitrogens with one attached hydrogen (secondary N) is 1. The number of rotatable bonds is 5. The SMILES string of the molecule is CCOc1ccc(NC(=O)C2(c3ccccc3F)CCOCC2)cc1. The molecule has 0 atom stereocenters. The summed E-state index contributed by atoms with van der Waals surface area (Å²) < 4.78 is 25.2. The molecule has 0 saturated carbocycles.